The first kappa shape index (κ1) is 9.57. The van der Waals surface area contributed by atoms with E-state index in [0.29, 0.717) is 0 Å². The van der Waals surface area contributed by atoms with Crippen LogP contribution in [0.3, 0.4) is 0 Å². The smallest absolute Gasteiger partial charge is 0.264 e. The van der Waals surface area contributed by atoms with E-state index < -0.39 is 0 Å². The molecule has 0 saturated carbocycles. The molecule has 4 aromatic rings. The molecule has 5 nitrogen and oxygen atoms in total. The zero-order chi connectivity index (χ0) is 12.4. The molecule has 6 heteroatoms. The highest BCUT2D eigenvalue weighted by Gasteiger charge is 2.31. The topological polar surface area (TPSA) is 47.0 Å². The summed E-state index contributed by atoms with van der Waals surface area (Å²) in [7, 11) is 0. The molecule has 0 spiro atoms. The number of rotatable bonds is 0. The minimum Gasteiger partial charge on any atom is -0.264 e. The summed E-state index contributed by atoms with van der Waals surface area (Å²) in [4.78, 5) is 14.1. The molecule has 5 rings (SSSR count). The van der Waals surface area contributed by atoms with Gasteiger partial charge in [0.1, 0.15) is 12.7 Å². The summed E-state index contributed by atoms with van der Waals surface area (Å²) in [5.74, 6) is 0.758. The zero-order valence-electron chi connectivity index (χ0n) is 9.82. The molecule has 0 fully saturated rings. The number of pyridine rings is 1. The van der Waals surface area contributed by atoms with Gasteiger partial charge in [-0.2, -0.15) is 14.4 Å². The van der Waals surface area contributed by atoms with Crippen molar-refractivity contribution in [2.75, 3.05) is 0 Å². The Balaban J connectivity index is 1.94. The van der Waals surface area contributed by atoms with Crippen LogP contribution >= 0.6 is 11.3 Å². The number of nitrogens with zero attached hydrogens (tertiary/aromatic N) is 5. The largest absolute Gasteiger partial charge is 0.327 e. The lowest BCUT2D eigenvalue weighted by Crippen LogP contribution is -2.31. The normalized spacial score (nSPS) is 13.1. The van der Waals surface area contributed by atoms with Crippen LogP contribution in [0.5, 0.6) is 0 Å². The maximum Gasteiger partial charge on any atom is 0.327 e. The lowest BCUT2D eigenvalue weighted by molar-refractivity contribution is -0.644. The van der Waals surface area contributed by atoms with Gasteiger partial charge in [-0.15, -0.1) is 0 Å². The van der Waals surface area contributed by atoms with E-state index in [1.54, 1.807) is 17.5 Å². The van der Waals surface area contributed by atoms with Gasteiger partial charge < -0.3 is 0 Å². The molecular weight excluding hydrogens is 258 g/mol. The summed E-state index contributed by atoms with van der Waals surface area (Å²) < 4.78 is 4.35. The van der Waals surface area contributed by atoms with E-state index in [1.165, 1.54) is 16.1 Å². The molecule has 4 aromatic heterocycles. The number of hydrogen-bond acceptors (Lipinski definition) is 4. The molecule has 5 heterocycles. The van der Waals surface area contributed by atoms with Crippen LogP contribution in [-0.4, -0.2) is 19.4 Å². The fourth-order valence-corrected chi connectivity index (χ4v) is 3.85. The van der Waals surface area contributed by atoms with Gasteiger partial charge in [-0.3, -0.25) is 4.98 Å². The van der Waals surface area contributed by atoms with E-state index in [-0.39, 0.29) is 0 Å². The van der Waals surface area contributed by atoms with Gasteiger partial charge in [0.25, 0.3) is 0 Å². The Bertz CT molecular complexity index is 952. The molecule has 0 amide bonds. The molecular formula is C13H8N5S+. The zero-order valence-corrected chi connectivity index (χ0v) is 10.6. The first-order valence-electron chi connectivity index (χ1n) is 6.00. The van der Waals surface area contributed by atoms with Gasteiger partial charge in [-0.25, -0.2) is 4.57 Å². The van der Waals surface area contributed by atoms with Gasteiger partial charge in [0.2, 0.25) is 4.83 Å². The maximum atomic E-state index is 4.58. The maximum absolute atomic E-state index is 4.58. The predicted octanol–water partition coefficient (Wildman–Crippen LogP) is 1.66. The SMILES string of the molecule is c1cnc2nc3sc4[n+](c3n2c1)Cc1ccncc1-4. The quantitative estimate of drug-likeness (QED) is 0.400. The summed E-state index contributed by atoms with van der Waals surface area (Å²) in [6.45, 7) is 0.885. The molecule has 0 radical (unpaired) electrons. The van der Waals surface area contributed by atoms with E-state index in [9.17, 15) is 0 Å². The molecule has 0 saturated heterocycles. The highest BCUT2D eigenvalue weighted by molar-refractivity contribution is 7.20. The molecule has 0 atom stereocenters. The van der Waals surface area contributed by atoms with Crippen molar-refractivity contribution in [2.24, 2.45) is 0 Å². The van der Waals surface area contributed by atoms with Gasteiger partial charge in [0, 0.05) is 24.2 Å². The van der Waals surface area contributed by atoms with Crippen LogP contribution in [0.15, 0.2) is 36.9 Å². The number of imidazole rings is 1. The molecule has 1 aliphatic rings. The first-order chi connectivity index (χ1) is 9.42. The second kappa shape index (κ2) is 3.16. The molecule has 0 aliphatic carbocycles. The Morgan fingerprint density at radius 2 is 2.32 bits per heavy atom. The van der Waals surface area contributed by atoms with Crippen LogP contribution in [0.2, 0.25) is 0 Å². The van der Waals surface area contributed by atoms with Crippen LogP contribution in [-0.2, 0) is 6.54 Å². The molecule has 90 valence electrons. The average Bonchev–Trinajstić information content (AvgIpc) is 3.05. The Labute approximate surface area is 111 Å². The second-order valence-corrected chi connectivity index (χ2v) is 5.53. The standard InChI is InChI=1S/C13H8N5S/c1-3-15-13-16-10-11(17(13)5-1)18-7-8-2-4-14-6-9(8)12(18)19-10/h1-6H,7H2/q+1. The molecule has 0 unspecified atom stereocenters. The van der Waals surface area contributed by atoms with Crippen molar-refractivity contribution in [3.05, 3.63) is 42.5 Å². The Hall–Kier alpha value is -2.34. The molecule has 0 aromatic carbocycles. The molecule has 0 bridgehead atoms. The first-order valence-corrected chi connectivity index (χ1v) is 6.82. The van der Waals surface area contributed by atoms with Crippen molar-refractivity contribution in [3.63, 3.8) is 0 Å². The van der Waals surface area contributed by atoms with Gasteiger partial charge in [-0.05, 0) is 12.1 Å². The van der Waals surface area contributed by atoms with Gasteiger partial charge in [0.15, 0.2) is 5.01 Å². The minimum atomic E-state index is 0.758. The van der Waals surface area contributed by atoms with Gasteiger partial charge in [-0.1, -0.05) is 11.3 Å². The van der Waals surface area contributed by atoms with E-state index in [0.717, 1.165) is 22.8 Å². The number of thiazole rings is 1. The lowest BCUT2D eigenvalue weighted by atomic mass is 10.2. The van der Waals surface area contributed by atoms with Gasteiger partial charge >= 0.3 is 11.4 Å². The van der Waals surface area contributed by atoms with Crippen molar-refractivity contribution in [2.45, 2.75) is 6.54 Å². The van der Waals surface area contributed by atoms with Crippen molar-refractivity contribution in [1.82, 2.24) is 19.4 Å². The third-order valence-electron chi connectivity index (χ3n) is 3.51. The van der Waals surface area contributed by atoms with E-state index in [1.807, 2.05) is 24.7 Å². The average molecular weight is 266 g/mol. The summed E-state index contributed by atoms with van der Waals surface area (Å²) >= 11 is 1.71. The number of fused-ring (bicyclic) bond motifs is 7. The highest BCUT2D eigenvalue weighted by Crippen LogP contribution is 2.34. The van der Waals surface area contributed by atoms with E-state index in [2.05, 4.69) is 30.0 Å². The summed E-state index contributed by atoms with van der Waals surface area (Å²) in [6.07, 6.45) is 7.58. The predicted molar refractivity (Wildman–Crippen MR) is 70.9 cm³/mol. The summed E-state index contributed by atoms with van der Waals surface area (Å²) in [5.41, 5.74) is 3.67. The van der Waals surface area contributed by atoms with Crippen LogP contribution < -0.4 is 4.57 Å². The third kappa shape index (κ3) is 1.09. The summed E-state index contributed by atoms with van der Waals surface area (Å²) in [5, 5.41) is 1.24. The van der Waals surface area contributed by atoms with Crippen LogP contribution in [0.4, 0.5) is 0 Å². The Kier molecular flexibility index (Phi) is 1.59. The fourth-order valence-electron chi connectivity index (χ4n) is 2.68. The van der Waals surface area contributed by atoms with E-state index in [4.69, 9.17) is 0 Å². The number of hydrogen-bond donors (Lipinski definition) is 0. The number of aromatic nitrogens is 5. The lowest BCUT2D eigenvalue weighted by Gasteiger charge is -1.91. The van der Waals surface area contributed by atoms with Gasteiger partial charge in [0.05, 0.1) is 5.56 Å². The van der Waals surface area contributed by atoms with Crippen LogP contribution in [0, 0.1) is 0 Å². The molecule has 19 heavy (non-hydrogen) atoms. The van der Waals surface area contributed by atoms with Crippen LogP contribution in [0.25, 0.3) is 26.8 Å². The summed E-state index contributed by atoms with van der Waals surface area (Å²) in [6, 6.07) is 4.02. The van der Waals surface area contributed by atoms with Crippen molar-refractivity contribution >= 4 is 27.6 Å². The molecule has 1 aliphatic heterocycles. The van der Waals surface area contributed by atoms with E-state index >= 15 is 0 Å². The molecule has 0 N–H and O–H groups in total. The van der Waals surface area contributed by atoms with Crippen molar-refractivity contribution in [3.8, 4) is 10.6 Å². The Morgan fingerprint density at radius 1 is 1.32 bits per heavy atom. The monoisotopic (exact) mass is 266 g/mol. The van der Waals surface area contributed by atoms with Crippen molar-refractivity contribution in [1.29, 1.82) is 0 Å². The third-order valence-corrected chi connectivity index (χ3v) is 4.61. The van der Waals surface area contributed by atoms with Crippen molar-refractivity contribution < 1.29 is 4.57 Å². The Morgan fingerprint density at radius 3 is 3.32 bits per heavy atom. The minimum absolute atomic E-state index is 0.758. The fraction of sp³-hybridized carbons (Fsp3) is 0.0769. The second-order valence-electron chi connectivity index (χ2n) is 4.56. The van der Waals surface area contributed by atoms with Crippen LogP contribution in [0.1, 0.15) is 5.56 Å². The highest BCUT2D eigenvalue weighted by atomic mass is 32.1.